The molecule has 166 valence electrons. The van der Waals surface area contributed by atoms with Gasteiger partial charge in [0.25, 0.3) is 0 Å². The normalized spacial score (nSPS) is 53.9. The number of fused-ring (bicyclic) bond motifs is 4. The van der Waals surface area contributed by atoms with Crippen molar-refractivity contribution in [2.45, 2.75) is 119 Å². The molecule has 0 radical (unpaired) electrons. The van der Waals surface area contributed by atoms with Crippen molar-refractivity contribution in [1.82, 2.24) is 0 Å². The van der Waals surface area contributed by atoms with Crippen LogP contribution in [-0.4, -0.2) is 0 Å². The van der Waals surface area contributed by atoms with E-state index in [1.807, 2.05) is 0 Å². The van der Waals surface area contributed by atoms with Crippen LogP contribution >= 0.6 is 0 Å². The first-order valence-corrected chi connectivity index (χ1v) is 13.8. The molecule has 29 heavy (non-hydrogen) atoms. The first-order chi connectivity index (χ1) is 13.8. The van der Waals surface area contributed by atoms with E-state index in [2.05, 4.69) is 41.5 Å². The maximum absolute atomic E-state index is 2.79. The van der Waals surface area contributed by atoms with E-state index in [4.69, 9.17) is 0 Å². The maximum atomic E-state index is 2.79. The zero-order valence-corrected chi connectivity index (χ0v) is 20.6. The van der Waals surface area contributed by atoms with Gasteiger partial charge in [0.2, 0.25) is 0 Å². The summed E-state index contributed by atoms with van der Waals surface area (Å²) in [6, 6.07) is 0. The van der Waals surface area contributed by atoms with Gasteiger partial charge in [0, 0.05) is 0 Å². The molecule has 5 aliphatic rings. The Morgan fingerprint density at radius 3 is 2.38 bits per heavy atom. The molecule has 5 rings (SSSR count). The Labute approximate surface area is 182 Å². The molecule has 0 aromatic carbocycles. The van der Waals surface area contributed by atoms with E-state index in [1.54, 1.807) is 51.4 Å². The number of hydrogen-bond acceptors (Lipinski definition) is 0. The van der Waals surface area contributed by atoms with Crippen molar-refractivity contribution in [3.8, 4) is 0 Å². The van der Waals surface area contributed by atoms with Gasteiger partial charge in [-0.2, -0.15) is 0 Å². The van der Waals surface area contributed by atoms with Crippen LogP contribution in [0.2, 0.25) is 0 Å². The van der Waals surface area contributed by atoms with Crippen LogP contribution in [0.15, 0.2) is 0 Å². The van der Waals surface area contributed by atoms with Gasteiger partial charge in [0.15, 0.2) is 0 Å². The average molecular weight is 399 g/mol. The first kappa shape index (κ1) is 20.9. The summed E-state index contributed by atoms with van der Waals surface area (Å²) in [5.74, 6) is 8.24. The zero-order chi connectivity index (χ0) is 20.6. The lowest BCUT2D eigenvalue weighted by molar-refractivity contribution is -0.129. The summed E-state index contributed by atoms with van der Waals surface area (Å²) < 4.78 is 0. The van der Waals surface area contributed by atoms with E-state index in [9.17, 15) is 0 Å². The highest BCUT2D eigenvalue weighted by molar-refractivity contribution is 5.24. The Bertz CT molecular complexity index is 620. The van der Waals surface area contributed by atoms with Crippen LogP contribution in [0, 0.1) is 63.6 Å². The molecule has 0 nitrogen and oxygen atoms in total. The predicted octanol–water partition coefficient (Wildman–Crippen LogP) is 8.74. The summed E-state index contributed by atoms with van der Waals surface area (Å²) >= 11 is 0. The van der Waals surface area contributed by atoms with Crippen molar-refractivity contribution in [3.63, 3.8) is 0 Å². The van der Waals surface area contributed by atoms with Crippen LogP contribution in [0.3, 0.4) is 0 Å². The van der Waals surface area contributed by atoms with Crippen molar-refractivity contribution in [1.29, 1.82) is 0 Å². The third-order valence-corrected chi connectivity index (χ3v) is 12.5. The lowest BCUT2D eigenvalue weighted by Gasteiger charge is -2.61. The quantitative estimate of drug-likeness (QED) is 0.419. The van der Waals surface area contributed by atoms with Gasteiger partial charge in [-0.1, -0.05) is 67.2 Å². The summed E-state index contributed by atoms with van der Waals surface area (Å²) in [4.78, 5) is 0. The summed E-state index contributed by atoms with van der Waals surface area (Å²) in [7, 11) is 0. The van der Waals surface area contributed by atoms with E-state index in [0.29, 0.717) is 10.8 Å². The highest BCUT2D eigenvalue weighted by Gasteiger charge is 2.76. The van der Waals surface area contributed by atoms with Gasteiger partial charge in [-0.3, -0.25) is 0 Å². The Balaban J connectivity index is 1.35. The van der Waals surface area contributed by atoms with Crippen LogP contribution in [-0.2, 0) is 0 Å². The Morgan fingerprint density at radius 1 is 0.897 bits per heavy atom. The Kier molecular flexibility index (Phi) is 5.04. The molecule has 0 amide bonds. The molecule has 7 unspecified atom stereocenters. The molecule has 0 heterocycles. The third-order valence-electron chi connectivity index (χ3n) is 12.5. The second-order valence-corrected chi connectivity index (χ2v) is 13.6. The highest BCUT2D eigenvalue weighted by atomic mass is 14.8. The van der Waals surface area contributed by atoms with Gasteiger partial charge in [-0.15, -0.1) is 0 Å². The van der Waals surface area contributed by atoms with Crippen LogP contribution in [0.5, 0.6) is 0 Å². The lowest BCUT2D eigenvalue weighted by Crippen LogP contribution is -2.55. The van der Waals surface area contributed by atoms with Crippen molar-refractivity contribution in [3.05, 3.63) is 0 Å². The molecule has 0 aromatic rings. The molecule has 5 saturated carbocycles. The maximum Gasteiger partial charge on any atom is -0.0181 e. The predicted molar refractivity (Wildman–Crippen MR) is 125 cm³/mol. The van der Waals surface area contributed by atoms with E-state index in [0.717, 1.165) is 52.8 Å². The average Bonchev–Trinajstić information content (AvgIpc) is 3.18. The minimum Gasteiger partial charge on any atom is -0.0651 e. The monoisotopic (exact) mass is 398 g/mol. The molecule has 10 atom stereocenters. The smallest absolute Gasteiger partial charge is 0.0181 e. The van der Waals surface area contributed by atoms with Crippen molar-refractivity contribution in [2.75, 3.05) is 0 Å². The molecule has 0 N–H and O–H groups in total. The molecule has 0 heteroatoms. The minimum absolute atomic E-state index is 0.666. The molecule has 0 aromatic heterocycles. The van der Waals surface area contributed by atoms with E-state index in [1.165, 1.54) is 25.7 Å². The molecule has 0 bridgehead atoms. The van der Waals surface area contributed by atoms with Gasteiger partial charge in [-0.25, -0.2) is 0 Å². The second-order valence-electron chi connectivity index (χ2n) is 13.6. The molecule has 0 aliphatic heterocycles. The van der Waals surface area contributed by atoms with Crippen molar-refractivity contribution >= 4 is 0 Å². The summed E-state index contributed by atoms with van der Waals surface area (Å²) in [6.45, 7) is 15.5. The molecular weight excluding hydrogens is 348 g/mol. The zero-order valence-electron chi connectivity index (χ0n) is 20.6. The summed E-state index contributed by atoms with van der Waals surface area (Å²) in [6.07, 6.45) is 18.5. The van der Waals surface area contributed by atoms with Crippen LogP contribution in [0.25, 0.3) is 0 Å². The SMILES string of the molecule is CCC1CC2C3CC[C@H](C(C)CCCC(C)C)[C@@]3(C)CCC2[C@@]2(C)CCC3CC132. The van der Waals surface area contributed by atoms with Gasteiger partial charge in [0.1, 0.15) is 0 Å². The minimum atomic E-state index is 0.666. The molecule has 1 spiro atoms. The molecule has 5 fully saturated rings. The van der Waals surface area contributed by atoms with Crippen LogP contribution < -0.4 is 0 Å². The van der Waals surface area contributed by atoms with Gasteiger partial charge >= 0.3 is 0 Å². The fourth-order valence-corrected chi connectivity index (χ4v) is 11.1. The molecular formula is C29H50. The van der Waals surface area contributed by atoms with Crippen LogP contribution in [0.4, 0.5) is 0 Å². The molecule has 5 aliphatic carbocycles. The standard InChI is InChI=1S/C29H50/c1-7-21-17-23-25-12-11-24(20(4)10-8-9-19(2)3)27(25,5)15-14-26(23)28(6)16-13-22-18-29(21,22)28/h19-26H,7-18H2,1-6H3/t20?,21?,22?,23?,24-,25?,26?,27-,28-,29?/m1/s1. The fourth-order valence-electron chi connectivity index (χ4n) is 11.1. The van der Waals surface area contributed by atoms with Gasteiger partial charge < -0.3 is 0 Å². The van der Waals surface area contributed by atoms with Crippen LogP contribution in [0.1, 0.15) is 119 Å². The van der Waals surface area contributed by atoms with E-state index < -0.39 is 0 Å². The number of rotatable bonds is 6. The fraction of sp³-hybridized carbons (Fsp3) is 1.00. The largest absolute Gasteiger partial charge is 0.0651 e. The van der Waals surface area contributed by atoms with Crippen molar-refractivity contribution < 1.29 is 0 Å². The number of hydrogen-bond donors (Lipinski definition) is 0. The molecule has 0 saturated heterocycles. The van der Waals surface area contributed by atoms with Crippen molar-refractivity contribution in [2.24, 2.45) is 63.6 Å². The third kappa shape index (κ3) is 2.75. The van der Waals surface area contributed by atoms with Gasteiger partial charge in [0.05, 0.1) is 0 Å². The van der Waals surface area contributed by atoms with E-state index in [-0.39, 0.29) is 0 Å². The first-order valence-electron chi connectivity index (χ1n) is 13.8. The summed E-state index contributed by atoms with van der Waals surface area (Å²) in [5.41, 5.74) is 2.18. The Hall–Kier alpha value is 0. The van der Waals surface area contributed by atoms with E-state index >= 15 is 0 Å². The van der Waals surface area contributed by atoms with Gasteiger partial charge in [-0.05, 0) is 115 Å². The second kappa shape index (κ2) is 7.00. The highest BCUT2D eigenvalue weighted by Crippen LogP contribution is 2.83. The topological polar surface area (TPSA) is 0 Å². The summed E-state index contributed by atoms with van der Waals surface area (Å²) in [5, 5.41) is 0. The lowest BCUT2D eigenvalue weighted by atomic mass is 9.43. The Morgan fingerprint density at radius 2 is 1.69 bits per heavy atom.